The third-order valence-electron chi connectivity index (χ3n) is 3.65. The summed E-state index contributed by atoms with van der Waals surface area (Å²) in [7, 11) is 0. The predicted octanol–water partition coefficient (Wildman–Crippen LogP) is 4.19. The molecule has 2 aromatic rings. The molecule has 0 atom stereocenters. The Hall–Kier alpha value is -2.66. The molecule has 0 spiro atoms. The Morgan fingerprint density at radius 1 is 1.32 bits per heavy atom. The lowest BCUT2D eigenvalue weighted by molar-refractivity contribution is -0.137. The number of halogens is 2. The maximum atomic E-state index is 14.3. The lowest BCUT2D eigenvalue weighted by Gasteiger charge is -2.12. The van der Waals surface area contributed by atoms with Gasteiger partial charge in [0.05, 0.1) is 18.9 Å². The van der Waals surface area contributed by atoms with Crippen molar-refractivity contribution in [2.75, 3.05) is 18.5 Å². The van der Waals surface area contributed by atoms with Crippen molar-refractivity contribution >= 4 is 29.0 Å². The Bertz CT molecular complexity index is 877. The number of anilines is 1. The van der Waals surface area contributed by atoms with Gasteiger partial charge >= 0.3 is 5.97 Å². The van der Waals surface area contributed by atoms with Gasteiger partial charge < -0.3 is 10.1 Å². The first-order valence-electron chi connectivity index (χ1n) is 7.82. The Kier molecular flexibility index (Phi) is 5.14. The number of rotatable bonds is 3. The highest BCUT2D eigenvalue weighted by atomic mass is 35.5. The summed E-state index contributed by atoms with van der Waals surface area (Å²) in [5.41, 5.74) is 2.79. The fraction of sp³-hybridized carbons (Fsp3) is 0.158. The van der Waals surface area contributed by atoms with Gasteiger partial charge in [-0.05, 0) is 37.3 Å². The Balaban J connectivity index is 2.10. The summed E-state index contributed by atoms with van der Waals surface area (Å²) in [6, 6.07) is 11.6. The van der Waals surface area contributed by atoms with Gasteiger partial charge in [0.25, 0.3) is 0 Å². The van der Waals surface area contributed by atoms with E-state index in [2.05, 4.69) is 10.3 Å². The number of carbonyl (C=O) groups excluding carboxylic acids is 1. The number of hydrogen-bond donors (Lipinski definition) is 1. The van der Waals surface area contributed by atoms with Crippen LogP contribution in [0.4, 0.5) is 10.1 Å². The van der Waals surface area contributed by atoms with E-state index in [1.807, 2.05) is 0 Å². The molecule has 0 aromatic heterocycles. The van der Waals surface area contributed by atoms with Gasteiger partial charge in [0.15, 0.2) is 0 Å². The molecule has 1 aliphatic heterocycles. The molecule has 0 bridgehead atoms. The van der Waals surface area contributed by atoms with Crippen molar-refractivity contribution in [2.24, 2.45) is 4.99 Å². The lowest BCUT2D eigenvalue weighted by Crippen LogP contribution is -2.08. The van der Waals surface area contributed by atoms with Crippen LogP contribution in [0.5, 0.6) is 0 Å². The number of nitrogens with zero attached hydrogens (tertiary/aromatic N) is 1. The van der Waals surface area contributed by atoms with E-state index in [-0.39, 0.29) is 12.4 Å². The molecule has 0 saturated heterocycles. The van der Waals surface area contributed by atoms with Crippen molar-refractivity contribution in [3.05, 3.63) is 76.2 Å². The second-order valence-corrected chi connectivity index (χ2v) is 5.82. The number of ether oxygens (including phenoxy) is 1. The molecule has 1 N–H and O–H groups in total. The maximum absolute atomic E-state index is 14.3. The van der Waals surface area contributed by atoms with E-state index in [1.165, 1.54) is 12.1 Å². The largest absolute Gasteiger partial charge is 0.463 e. The van der Waals surface area contributed by atoms with Crippen LogP contribution in [0.1, 0.15) is 18.1 Å². The highest BCUT2D eigenvalue weighted by molar-refractivity contribution is 6.31. The molecule has 2 aromatic carbocycles. The average Bonchev–Trinajstić information content (AvgIpc) is 2.75. The lowest BCUT2D eigenvalue weighted by atomic mass is 10.00. The highest BCUT2D eigenvalue weighted by Gasteiger charge is 2.19. The van der Waals surface area contributed by atoms with Gasteiger partial charge in [-0.1, -0.05) is 23.7 Å². The van der Waals surface area contributed by atoms with Crippen LogP contribution in [0.15, 0.2) is 59.2 Å². The normalized spacial score (nSPS) is 15.0. The Labute approximate surface area is 150 Å². The van der Waals surface area contributed by atoms with E-state index < -0.39 is 5.97 Å². The second kappa shape index (κ2) is 7.49. The van der Waals surface area contributed by atoms with Crippen molar-refractivity contribution in [3.8, 4) is 0 Å². The summed E-state index contributed by atoms with van der Waals surface area (Å²) in [6.45, 7) is 2.22. The summed E-state index contributed by atoms with van der Waals surface area (Å²) < 4.78 is 19.2. The zero-order valence-electron chi connectivity index (χ0n) is 13.6. The maximum Gasteiger partial charge on any atom is 0.332 e. The molecule has 0 unspecified atom stereocenters. The summed E-state index contributed by atoms with van der Waals surface area (Å²) in [5, 5.41) is 3.68. The molecule has 1 aliphatic rings. The molecular weight excluding hydrogens is 343 g/mol. The van der Waals surface area contributed by atoms with E-state index in [4.69, 9.17) is 16.3 Å². The summed E-state index contributed by atoms with van der Waals surface area (Å²) in [5.74, 6) is -0.824. The first kappa shape index (κ1) is 17.2. The average molecular weight is 359 g/mol. The SMILES string of the molecule is CCOC(=O)/C=C1/CN=C(c2ccccc2F)c2cc(Cl)ccc2N1. The minimum absolute atomic E-state index is 0.189. The number of benzene rings is 2. The molecule has 6 heteroatoms. The number of esters is 1. The third kappa shape index (κ3) is 3.88. The molecule has 4 nitrogen and oxygen atoms in total. The molecule has 0 radical (unpaired) electrons. The van der Waals surface area contributed by atoms with E-state index in [0.717, 1.165) is 0 Å². The summed E-state index contributed by atoms with van der Waals surface area (Å²) >= 11 is 6.12. The van der Waals surface area contributed by atoms with Crippen LogP contribution in [0.2, 0.25) is 5.02 Å². The molecule has 0 fully saturated rings. The monoisotopic (exact) mass is 358 g/mol. The fourth-order valence-corrected chi connectivity index (χ4v) is 2.75. The molecule has 0 amide bonds. The molecule has 1 heterocycles. The highest BCUT2D eigenvalue weighted by Crippen LogP contribution is 2.28. The summed E-state index contributed by atoms with van der Waals surface area (Å²) in [4.78, 5) is 16.2. The quantitative estimate of drug-likeness (QED) is 0.661. The van der Waals surface area contributed by atoms with Crippen LogP contribution >= 0.6 is 11.6 Å². The van der Waals surface area contributed by atoms with Crippen LogP contribution < -0.4 is 5.32 Å². The van der Waals surface area contributed by atoms with Gasteiger partial charge in [-0.2, -0.15) is 0 Å². The van der Waals surface area contributed by atoms with Crippen LogP contribution in [-0.2, 0) is 9.53 Å². The van der Waals surface area contributed by atoms with Crippen LogP contribution in [0.3, 0.4) is 0 Å². The fourth-order valence-electron chi connectivity index (χ4n) is 2.57. The van der Waals surface area contributed by atoms with Gasteiger partial charge in [-0.15, -0.1) is 0 Å². The number of nitrogens with one attached hydrogen (secondary N) is 1. The van der Waals surface area contributed by atoms with Gasteiger partial charge in [-0.3, -0.25) is 4.99 Å². The van der Waals surface area contributed by atoms with Crippen molar-refractivity contribution in [2.45, 2.75) is 6.92 Å². The van der Waals surface area contributed by atoms with Crippen molar-refractivity contribution in [1.29, 1.82) is 0 Å². The molecule has 0 aliphatic carbocycles. The minimum atomic E-state index is -0.454. The van der Waals surface area contributed by atoms with Crippen LogP contribution in [-0.4, -0.2) is 24.8 Å². The number of benzodiazepines with no additional fused rings is 1. The van der Waals surface area contributed by atoms with E-state index in [0.29, 0.717) is 39.9 Å². The number of fused-ring (bicyclic) bond motifs is 1. The van der Waals surface area contributed by atoms with E-state index >= 15 is 0 Å². The predicted molar refractivity (Wildman–Crippen MR) is 96.7 cm³/mol. The molecule has 3 rings (SSSR count). The zero-order valence-corrected chi connectivity index (χ0v) is 14.3. The first-order valence-corrected chi connectivity index (χ1v) is 8.20. The first-order chi connectivity index (χ1) is 12.1. The van der Waals surface area contributed by atoms with Crippen LogP contribution in [0, 0.1) is 5.82 Å². The van der Waals surface area contributed by atoms with Crippen molar-refractivity contribution in [1.82, 2.24) is 0 Å². The molecular formula is C19H16ClFN2O2. The van der Waals surface area contributed by atoms with Crippen molar-refractivity contribution < 1.29 is 13.9 Å². The van der Waals surface area contributed by atoms with E-state index in [1.54, 1.807) is 43.3 Å². The van der Waals surface area contributed by atoms with Gasteiger partial charge in [-0.25, -0.2) is 9.18 Å². The third-order valence-corrected chi connectivity index (χ3v) is 3.88. The van der Waals surface area contributed by atoms with Crippen molar-refractivity contribution in [3.63, 3.8) is 0 Å². The Morgan fingerprint density at radius 2 is 2.12 bits per heavy atom. The van der Waals surface area contributed by atoms with Crippen LogP contribution in [0.25, 0.3) is 0 Å². The smallest absolute Gasteiger partial charge is 0.332 e. The molecule has 25 heavy (non-hydrogen) atoms. The molecule has 0 saturated carbocycles. The zero-order chi connectivity index (χ0) is 17.8. The van der Waals surface area contributed by atoms with Gasteiger partial charge in [0, 0.05) is 33.6 Å². The molecule has 128 valence electrons. The number of hydrogen-bond acceptors (Lipinski definition) is 4. The second-order valence-electron chi connectivity index (χ2n) is 5.38. The minimum Gasteiger partial charge on any atom is -0.463 e. The standard InChI is InChI=1S/C19H16ClFN2O2/c1-2-25-18(24)10-13-11-22-19(14-5-3-4-6-16(14)21)15-9-12(20)7-8-17(15)23-13/h3-10,23H,2,11H2,1H3/b13-10-. The number of aliphatic imine (C=N–C) groups is 1. The van der Waals surface area contributed by atoms with E-state index in [9.17, 15) is 9.18 Å². The Morgan fingerprint density at radius 3 is 2.88 bits per heavy atom. The van der Waals surface area contributed by atoms with Gasteiger partial charge in [0.1, 0.15) is 5.82 Å². The van der Waals surface area contributed by atoms with Gasteiger partial charge in [0.2, 0.25) is 0 Å². The number of carbonyl (C=O) groups is 1. The summed E-state index contributed by atoms with van der Waals surface area (Å²) in [6.07, 6.45) is 1.36. The topological polar surface area (TPSA) is 50.7 Å².